The van der Waals surface area contributed by atoms with Crippen LogP contribution in [-0.4, -0.2) is 43.3 Å². The molecule has 1 aliphatic rings. The van der Waals surface area contributed by atoms with Gasteiger partial charge in [-0.25, -0.2) is 0 Å². The Balaban J connectivity index is 1.53. The van der Waals surface area contributed by atoms with Crippen molar-refractivity contribution in [3.63, 3.8) is 0 Å². The fourth-order valence-electron chi connectivity index (χ4n) is 5.50. The third-order valence-electron chi connectivity index (χ3n) is 7.83. The maximum absolute atomic E-state index is 9.89. The molecule has 0 radical (unpaired) electrons. The average molecular weight is 487 g/mol. The standard InChI is InChI=1S/C32H42N2O2/c1-5-33(6-2)19-18-24-8-10-25(11-9-24)23-34(7-3)32-22-30(36-4)16-17-31(32)28-13-12-27-21-29(35)15-14-26(27)20-28/h8-11,14-17,21-22,28,35H,5-7,12-13,18-20,23H2,1-4H3/t28-/m1/s1. The van der Waals surface area contributed by atoms with E-state index in [0.29, 0.717) is 11.7 Å². The summed E-state index contributed by atoms with van der Waals surface area (Å²) in [4.78, 5) is 4.96. The Hall–Kier alpha value is -2.98. The first-order valence-electron chi connectivity index (χ1n) is 13.6. The summed E-state index contributed by atoms with van der Waals surface area (Å²) in [5.74, 6) is 1.73. The van der Waals surface area contributed by atoms with Crippen molar-refractivity contribution in [1.29, 1.82) is 0 Å². The number of hydrogen-bond donors (Lipinski definition) is 1. The van der Waals surface area contributed by atoms with E-state index in [1.54, 1.807) is 7.11 Å². The highest BCUT2D eigenvalue weighted by Crippen LogP contribution is 2.40. The van der Waals surface area contributed by atoms with Gasteiger partial charge in [-0.2, -0.15) is 0 Å². The van der Waals surface area contributed by atoms with Crippen LogP contribution in [0.4, 0.5) is 5.69 Å². The molecule has 0 fully saturated rings. The molecule has 1 atom stereocenters. The van der Waals surface area contributed by atoms with Gasteiger partial charge in [0, 0.05) is 31.4 Å². The molecule has 0 amide bonds. The lowest BCUT2D eigenvalue weighted by atomic mass is 9.79. The van der Waals surface area contributed by atoms with Gasteiger partial charge in [0.15, 0.2) is 0 Å². The van der Waals surface area contributed by atoms with Gasteiger partial charge in [-0.05, 0) is 97.6 Å². The van der Waals surface area contributed by atoms with E-state index in [0.717, 1.165) is 64.2 Å². The van der Waals surface area contributed by atoms with Crippen molar-refractivity contribution in [1.82, 2.24) is 4.90 Å². The lowest BCUT2D eigenvalue weighted by molar-refractivity contribution is 0.308. The highest BCUT2D eigenvalue weighted by Gasteiger charge is 2.24. The van der Waals surface area contributed by atoms with Gasteiger partial charge >= 0.3 is 0 Å². The minimum atomic E-state index is 0.369. The minimum absolute atomic E-state index is 0.369. The number of methoxy groups -OCH3 is 1. The molecule has 3 aromatic carbocycles. The Bertz CT molecular complexity index is 1120. The number of benzene rings is 3. The van der Waals surface area contributed by atoms with Crippen LogP contribution in [0.15, 0.2) is 60.7 Å². The first-order valence-corrected chi connectivity index (χ1v) is 13.6. The summed E-state index contributed by atoms with van der Waals surface area (Å²) >= 11 is 0. The summed E-state index contributed by atoms with van der Waals surface area (Å²) in [6.07, 6.45) is 4.20. The number of rotatable bonds is 11. The molecule has 0 heterocycles. The molecule has 0 bridgehead atoms. The first-order chi connectivity index (χ1) is 17.5. The molecule has 192 valence electrons. The van der Waals surface area contributed by atoms with Crippen molar-refractivity contribution >= 4 is 5.69 Å². The van der Waals surface area contributed by atoms with Crippen LogP contribution in [0.3, 0.4) is 0 Å². The van der Waals surface area contributed by atoms with E-state index in [-0.39, 0.29) is 0 Å². The molecule has 36 heavy (non-hydrogen) atoms. The molecule has 4 heteroatoms. The maximum atomic E-state index is 9.89. The molecule has 0 aliphatic heterocycles. The summed E-state index contributed by atoms with van der Waals surface area (Å²) in [6, 6.07) is 21.6. The van der Waals surface area contributed by atoms with Crippen LogP contribution in [-0.2, 0) is 25.8 Å². The fourth-order valence-corrected chi connectivity index (χ4v) is 5.50. The number of likely N-dealkylation sites (N-methyl/N-ethyl adjacent to an activating group) is 1. The van der Waals surface area contributed by atoms with Crippen molar-refractivity contribution in [3.05, 3.63) is 88.5 Å². The van der Waals surface area contributed by atoms with Gasteiger partial charge in [0.25, 0.3) is 0 Å². The SMILES string of the molecule is CCN(CC)CCc1ccc(CN(CC)c2cc(OC)ccc2[C@@H]2CCc3cc(O)ccc3C2)cc1. The van der Waals surface area contributed by atoms with E-state index in [4.69, 9.17) is 4.74 Å². The zero-order valence-electron chi connectivity index (χ0n) is 22.5. The van der Waals surface area contributed by atoms with Crippen molar-refractivity contribution in [3.8, 4) is 11.5 Å². The van der Waals surface area contributed by atoms with Gasteiger partial charge in [0.2, 0.25) is 0 Å². The molecule has 1 N–H and O–H groups in total. The number of hydrogen-bond acceptors (Lipinski definition) is 4. The van der Waals surface area contributed by atoms with E-state index in [2.05, 4.69) is 79.1 Å². The maximum Gasteiger partial charge on any atom is 0.120 e. The Labute approximate surface area is 217 Å². The minimum Gasteiger partial charge on any atom is -0.508 e. The van der Waals surface area contributed by atoms with E-state index < -0.39 is 0 Å². The second kappa shape index (κ2) is 12.3. The number of ether oxygens (including phenoxy) is 1. The molecular weight excluding hydrogens is 444 g/mol. The summed E-state index contributed by atoms with van der Waals surface area (Å²) in [5.41, 5.74) is 8.05. The van der Waals surface area contributed by atoms with E-state index in [1.807, 2.05) is 12.1 Å². The summed E-state index contributed by atoms with van der Waals surface area (Å²) in [6.45, 7) is 11.8. The predicted molar refractivity (Wildman–Crippen MR) is 151 cm³/mol. The smallest absolute Gasteiger partial charge is 0.120 e. The lowest BCUT2D eigenvalue weighted by Gasteiger charge is -2.32. The van der Waals surface area contributed by atoms with Crippen molar-refractivity contribution < 1.29 is 9.84 Å². The normalized spacial score (nSPS) is 15.1. The summed E-state index contributed by atoms with van der Waals surface area (Å²) in [5, 5.41) is 9.89. The largest absolute Gasteiger partial charge is 0.508 e. The molecule has 3 aromatic rings. The van der Waals surface area contributed by atoms with Gasteiger partial charge in [0.05, 0.1) is 7.11 Å². The average Bonchev–Trinajstić information content (AvgIpc) is 2.92. The quantitative estimate of drug-likeness (QED) is 0.332. The topological polar surface area (TPSA) is 35.9 Å². The van der Waals surface area contributed by atoms with Gasteiger partial charge in [-0.3, -0.25) is 0 Å². The van der Waals surface area contributed by atoms with Crippen molar-refractivity contribution in [2.75, 3.05) is 38.2 Å². The summed E-state index contributed by atoms with van der Waals surface area (Å²) < 4.78 is 5.63. The molecule has 1 aliphatic carbocycles. The number of phenolic OH excluding ortho intramolecular Hbond substituents is 1. The van der Waals surface area contributed by atoms with Crippen molar-refractivity contribution in [2.45, 2.75) is 58.9 Å². The predicted octanol–water partition coefficient (Wildman–Crippen LogP) is 6.58. The molecular formula is C32H42N2O2. The molecule has 0 saturated carbocycles. The third kappa shape index (κ3) is 6.22. The number of aromatic hydroxyl groups is 1. The zero-order chi connectivity index (χ0) is 25.5. The van der Waals surface area contributed by atoms with E-state index >= 15 is 0 Å². The number of fused-ring (bicyclic) bond motifs is 1. The fraction of sp³-hybridized carbons (Fsp3) is 0.438. The van der Waals surface area contributed by atoms with Crippen LogP contribution in [0, 0.1) is 0 Å². The molecule has 0 saturated heterocycles. The van der Waals surface area contributed by atoms with Crippen LogP contribution < -0.4 is 9.64 Å². The van der Waals surface area contributed by atoms with Crippen LogP contribution in [0.5, 0.6) is 11.5 Å². The Kier molecular flexibility index (Phi) is 8.93. The highest BCUT2D eigenvalue weighted by atomic mass is 16.5. The molecule has 0 aromatic heterocycles. The summed E-state index contributed by atoms with van der Waals surface area (Å²) in [7, 11) is 1.75. The first kappa shape index (κ1) is 26.1. The van der Waals surface area contributed by atoms with Crippen molar-refractivity contribution in [2.24, 2.45) is 0 Å². The Morgan fingerprint density at radius 2 is 1.61 bits per heavy atom. The van der Waals surface area contributed by atoms with Crippen LogP contribution in [0.2, 0.25) is 0 Å². The van der Waals surface area contributed by atoms with Gasteiger partial charge < -0.3 is 19.6 Å². The Morgan fingerprint density at radius 3 is 2.31 bits per heavy atom. The molecule has 0 unspecified atom stereocenters. The number of aryl methyl sites for hydroxylation is 1. The zero-order valence-corrected chi connectivity index (χ0v) is 22.5. The van der Waals surface area contributed by atoms with Gasteiger partial charge in [-0.1, -0.05) is 50.2 Å². The van der Waals surface area contributed by atoms with Gasteiger partial charge in [-0.15, -0.1) is 0 Å². The molecule has 0 spiro atoms. The highest BCUT2D eigenvalue weighted by molar-refractivity contribution is 5.60. The van der Waals surface area contributed by atoms with Gasteiger partial charge in [0.1, 0.15) is 11.5 Å². The number of anilines is 1. The number of phenols is 1. The second-order valence-corrected chi connectivity index (χ2v) is 9.93. The lowest BCUT2D eigenvalue weighted by Crippen LogP contribution is -2.25. The Morgan fingerprint density at radius 1 is 0.861 bits per heavy atom. The van der Waals surface area contributed by atoms with Crippen LogP contribution >= 0.6 is 0 Å². The van der Waals surface area contributed by atoms with E-state index in [1.165, 1.54) is 33.5 Å². The molecule has 4 nitrogen and oxygen atoms in total. The monoisotopic (exact) mass is 486 g/mol. The van der Waals surface area contributed by atoms with E-state index in [9.17, 15) is 5.11 Å². The second-order valence-electron chi connectivity index (χ2n) is 9.93. The molecule has 4 rings (SSSR count). The third-order valence-corrected chi connectivity index (χ3v) is 7.83. The van der Waals surface area contributed by atoms with Crippen LogP contribution in [0.1, 0.15) is 60.9 Å². The number of nitrogens with zero attached hydrogens (tertiary/aromatic N) is 2. The van der Waals surface area contributed by atoms with Crippen LogP contribution in [0.25, 0.3) is 0 Å².